The average Bonchev–Trinajstić information content (AvgIpc) is 2.56. The van der Waals surface area contributed by atoms with Gasteiger partial charge in [0.2, 0.25) is 0 Å². The molecule has 2 aromatic rings. The second kappa shape index (κ2) is 9.98. The standard InChI is InChI=1S/C18H23BrN4.HI/c1-18(2,14-7-9-15(19)10-8-14)13-23-17(20-3)22-12-16-6-4-5-11-21-16;/h4-11H,12-13H2,1-3H3,(H2,20,22,23);1H. The molecule has 0 amide bonds. The van der Waals surface area contributed by atoms with Gasteiger partial charge >= 0.3 is 0 Å². The Hall–Kier alpha value is -1.15. The van der Waals surface area contributed by atoms with Crippen molar-refractivity contribution in [2.24, 2.45) is 4.99 Å². The quantitative estimate of drug-likeness (QED) is 0.367. The van der Waals surface area contributed by atoms with Crippen LogP contribution in [0.25, 0.3) is 0 Å². The average molecular weight is 503 g/mol. The van der Waals surface area contributed by atoms with Gasteiger partial charge in [0.15, 0.2) is 5.96 Å². The molecule has 0 spiro atoms. The molecule has 1 heterocycles. The van der Waals surface area contributed by atoms with Gasteiger partial charge in [0.25, 0.3) is 0 Å². The van der Waals surface area contributed by atoms with Crippen LogP contribution in [-0.2, 0) is 12.0 Å². The van der Waals surface area contributed by atoms with Crippen LogP contribution in [0.4, 0.5) is 0 Å². The first-order chi connectivity index (χ1) is 11.0. The van der Waals surface area contributed by atoms with Gasteiger partial charge in [-0.3, -0.25) is 9.98 Å². The maximum atomic E-state index is 4.30. The molecule has 0 saturated carbocycles. The SMILES string of the molecule is CN=C(NCc1ccccn1)NCC(C)(C)c1ccc(Br)cc1.I. The molecule has 0 aliphatic carbocycles. The molecule has 0 aliphatic heterocycles. The van der Waals surface area contributed by atoms with Crippen LogP contribution in [-0.4, -0.2) is 24.5 Å². The maximum absolute atomic E-state index is 4.30. The monoisotopic (exact) mass is 502 g/mol. The smallest absolute Gasteiger partial charge is 0.191 e. The lowest BCUT2D eigenvalue weighted by molar-refractivity contribution is 0.508. The maximum Gasteiger partial charge on any atom is 0.191 e. The van der Waals surface area contributed by atoms with Crippen molar-refractivity contribution in [3.63, 3.8) is 0 Å². The third kappa shape index (κ3) is 6.39. The molecular weight excluding hydrogens is 479 g/mol. The van der Waals surface area contributed by atoms with Crippen molar-refractivity contribution in [2.75, 3.05) is 13.6 Å². The zero-order valence-corrected chi connectivity index (χ0v) is 18.1. The van der Waals surface area contributed by atoms with E-state index < -0.39 is 0 Å². The summed E-state index contributed by atoms with van der Waals surface area (Å²) in [5.41, 5.74) is 2.28. The van der Waals surface area contributed by atoms with E-state index in [4.69, 9.17) is 0 Å². The first-order valence-corrected chi connectivity index (χ1v) is 8.41. The van der Waals surface area contributed by atoms with Crippen molar-refractivity contribution in [2.45, 2.75) is 25.8 Å². The topological polar surface area (TPSA) is 49.3 Å². The number of benzene rings is 1. The van der Waals surface area contributed by atoms with Crippen LogP contribution in [0.15, 0.2) is 58.1 Å². The molecule has 0 saturated heterocycles. The summed E-state index contributed by atoms with van der Waals surface area (Å²) in [4.78, 5) is 8.57. The van der Waals surface area contributed by atoms with Gasteiger partial charge in [0, 0.05) is 29.7 Å². The van der Waals surface area contributed by atoms with Crippen molar-refractivity contribution < 1.29 is 0 Å². The third-order valence-corrected chi connectivity index (χ3v) is 4.24. The van der Waals surface area contributed by atoms with Crippen LogP contribution >= 0.6 is 39.9 Å². The summed E-state index contributed by atoms with van der Waals surface area (Å²) in [6.07, 6.45) is 1.80. The highest BCUT2D eigenvalue weighted by atomic mass is 127. The largest absolute Gasteiger partial charge is 0.356 e. The number of nitrogens with zero attached hydrogens (tertiary/aromatic N) is 2. The highest BCUT2D eigenvalue weighted by Gasteiger charge is 2.20. The van der Waals surface area contributed by atoms with Gasteiger partial charge in [-0.15, -0.1) is 24.0 Å². The molecule has 4 nitrogen and oxygen atoms in total. The second-order valence-corrected chi connectivity index (χ2v) is 6.91. The molecule has 0 bridgehead atoms. The van der Waals surface area contributed by atoms with E-state index in [2.05, 4.69) is 74.7 Å². The number of guanidine groups is 1. The summed E-state index contributed by atoms with van der Waals surface area (Å²) >= 11 is 3.48. The second-order valence-electron chi connectivity index (χ2n) is 5.99. The molecule has 130 valence electrons. The van der Waals surface area contributed by atoms with Crippen LogP contribution in [0.1, 0.15) is 25.1 Å². The molecule has 6 heteroatoms. The Balaban J connectivity index is 0.00000288. The molecule has 0 unspecified atom stereocenters. The normalized spacial score (nSPS) is 11.6. The number of nitrogens with one attached hydrogen (secondary N) is 2. The van der Waals surface area contributed by atoms with Crippen molar-refractivity contribution in [1.82, 2.24) is 15.6 Å². The molecule has 0 aliphatic rings. The van der Waals surface area contributed by atoms with Gasteiger partial charge < -0.3 is 10.6 Å². The summed E-state index contributed by atoms with van der Waals surface area (Å²) in [7, 11) is 1.78. The Labute approximate surface area is 169 Å². The molecule has 0 atom stereocenters. The molecular formula is C18H24BrIN4. The van der Waals surface area contributed by atoms with Gasteiger partial charge in [0.1, 0.15) is 0 Å². The minimum atomic E-state index is 0. The first-order valence-electron chi connectivity index (χ1n) is 7.62. The molecule has 2 N–H and O–H groups in total. The van der Waals surface area contributed by atoms with Crippen molar-refractivity contribution in [3.8, 4) is 0 Å². The summed E-state index contributed by atoms with van der Waals surface area (Å²) in [6.45, 7) is 5.88. The van der Waals surface area contributed by atoms with Crippen LogP contribution in [0.3, 0.4) is 0 Å². The minimum absolute atomic E-state index is 0. The number of hydrogen-bond donors (Lipinski definition) is 2. The first kappa shape index (κ1) is 20.9. The molecule has 0 fully saturated rings. The van der Waals surface area contributed by atoms with Gasteiger partial charge in [0.05, 0.1) is 12.2 Å². The Morgan fingerprint density at radius 2 is 1.83 bits per heavy atom. The third-order valence-electron chi connectivity index (χ3n) is 3.71. The van der Waals surface area contributed by atoms with Crippen molar-refractivity contribution >= 4 is 45.9 Å². The Kier molecular flexibility index (Phi) is 8.69. The highest BCUT2D eigenvalue weighted by molar-refractivity contribution is 14.0. The van der Waals surface area contributed by atoms with Crippen LogP contribution in [0.2, 0.25) is 0 Å². The van der Waals surface area contributed by atoms with E-state index in [-0.39, 0.29) is 29.4 Å². The van der Waals surface area contributed by atoms with Crippen molar-refractivity contribution in [1.29, 1.82) is 0 Å². The Bertz CT molecular complexity index is 642. The summed E-state index contributed by atoms with van der Waals surface area (Å²) in [6, 6.07) is 14.3. The molecule has 0 radical (unpaired) electrons. The number of hydrogen-bond acceptors (Lipinski definition) is 2. The van der Waals surface area contributed by atoms with Gasteiger partial charge in [-0.05, 0) is 29.8 Å². The zero-order valence-electron chi connectivity index (χ0n) is 14.2. The number of aliphatic imine (C=N–C) groups is 1. The fraction of sp³-hybridized carbons (Fsp3) is 0.333. The predicted octanol–water partition coefficient (Wildman–Crippen LogP) is 4.10. The summed E-state index contributed by atoms with van der Waals surface area (Å²) < 4.78 is 1.10. The highest BCUT2D eigenvalue weighted by Crippen LogP contribution is 2.23. The summed E-state index contributed by atoms with van der Waals surface area (Å²) in [5, 5.41) is 6.68. The van der Waals surface area contributed by atoms with E-state index in [9.17, 15) is 0 Å². The lowest BCUT2D eigenvalue weighted by Gasteiger charge is -2.27. The van der Waals surface area contributed by atoms with Crippen LogP contribution < -0.4 is 10.6 Å². The van der Waals surface area contributed by atoms with Gasteiger partial charge in [-0.25, -0.2) is 0 Å². The lowest BCUT2D eigenvalue weighted by Crippen LogP contribution is -2.43. The Morgan fingerprint density at radius 3 is 2.42 bits per heavy atom. The van der Waals surface area contributed by atoms with Gasteiger partial charge in [-0.2, -0.15) is 0 Å². The molecule has 1 aromatic heterocycles. The summed E-state index contributed by atoms with van der Waals surface area (Å²) in [5.74, 6) is 0.779. The molecule has 24 heavy (non-hydrogen) atoms. The number of pyridine rings is 1. The van der Waals surface area contributed by atoms with Crippen molar-refractivity contribution in [3.05, 3.63) is 64.4 Å². The number of aromatic nitrogens is 1. The van der Waals surface area contributed by atoms with E-state index in [1.54, 1.807) is 13.2 Å². The van der Waals surface area contributed by atoms with Crippen LogP contribution in [0.5, 0.6) is 0 Å². The van der Waals surface area contributed by atoms with E-state index in [0.29, 0.717) is 6.54 Å². The lowest BCUT2D eigenvalue weighted by atomic mass is 9.85. The van der Waals surface area contributed by atoms with Crippen LogP contribution in [0, 0.1) is 0 Å². The Morgan fingerprint density at radius 1 is 1.12 bits per heavy atom. The van der Waals surface area contributed by atoms with E-state index in [0.717, 1.165) is 22.7 Å². The van der Waals surface area contributed by atoms with E-state index in [1.165, 1.54) is 5.56 Å². The fourth-order valence-corrected chi connectivity index (χ4v) is 2.47. The minimum Gasteiger partial charge on any atom is -0.356 e. The fourth-order valence-electron chi connectivity index (χ4n) is 2.21. The molecule has 2 rings (SSSR count). The molecule has 1 aromatic carbocycles. The predicted molar refractivity (Wildman–Crippen MR) is 115 cm³/mol. The van der Waals surface area contributed by atoms with E-state index in [1.807, 2.05) is 18.2 Å². The zero-order chi connectivity index (χ0) is 16.7. The number of halogens is 2. The van der Waals surface area contributed by atoms with Gasteiger partial charge in [-0.1, -0.05) is 48.0 Å². The van der Waals surface area contributed by atoms with E-state index >= 15 is 0 Å². The number of rotatable bonds is 5.